The van der Waals surface area contributed by atoms with Crippen molar-refractivity contribution in [2.24, 2.45) is 0 Å². The van der Waals surface area contributed by atoms with Gasteiger partial charge in [0.05, 0.1) is 6.10 Å². The summed E-state index contributed by atoms with van der Waals surface area (Å²) in [6.45, 7) is 6.20. The molecule has 0 aromatic rings. The first-order chi connectivity index (χ1) is 7.56. The van der Waals surface area contributed by atoms with E-state index in [-0.39, 0.29) is 17.3 Å². The molecule has 0 aromatic carbocycles. The second-order valence-corrected chi connectivity index (χ2v) is 6.57. The summed E-state index contributed by atoms with van der Waals surface area (Å²) in [4.78, 5) is 11.0. The Morgan fingerprint density at radius 3 is 3.00 bits per heavy atom. The third-order valence-corrected chi connectivity index (χ3v) is 4.40. The highest BCUT2D eigenvalue weighted by molar-refractivity contribution is 6.14. The standard InChI is InChI=1S/C12H22O3Si/c1-3-11(13)15-10(2)6-8-12(16)7-4-5-9-14-12/h3,10H,1,4-9H2,2,16H3. The van der Waals surface area contributed by atoms with E-state index in [4.69, 9.17) is 9.47 Å². The quantitative estimate of drug-likeness (QED) is 0.412. The fraction of sp³-hybridized carbons (Fsp3) is 0.750. The molecular formula is C12H22O3Si. The molecule has 1 rings (SSSR count). The van der Waals surface area contributed by atoms with E-state index in [1.807, 2.05) is 6.92 Å². The molecule has 0 aliphatic carbocycles. The molecule has 4 heteroatoms. The molecule has 2 atom stereocenters. The Balaban J connectivity index is 2.27. The van der Waals surface area contributed by atoms with Gasteiger partial charge in [-0.05, 0) is 39.0 Å². The van der Waals surface area contributed by atoms with Gasteiger partial charge in [0.2, 0.25) is 0 Å². The molecule has 1 fully saturated rings. The van der Waals surface area contributed by atoms with Crippen molar-refractivity contribution in [1.82, 2.24) is 0 Å². The SMILES string of the molecule is C=CC(=O)OC(C)CCC1([SiH3])CCCCO1. The molecule has 0 saturated carbocycles. The van der Waals surface area contributed by atoms with Gasteiger partial charge >= 0.3 is 5.97 Å². The first-order valence-electron chi connectivity index (χ1n) is 6.03. The minimum absolute atomic E-state index is 0.0400. The summed E-state index contributed by atoms with van der Waals surface area (Å²) < 4.78 is 11.0. The van der Waals surface area contributed by atoms with Crippen LogP contribution in [0.1, 0.15) is 39.0 Å². The molecule has 0 N–H and O–H groups in total. The zero-order chi connectivity index (χ0) is 12.0. The lowest BCUT2D eigenvalue weighted by molar-refractivity contribution is -0.143. The van der Waals surface area contributed by atoms with Crippen LogP contribution in [0.5, 0.6) is 0 Å². The highest BCUT2D eigenvalue weighted by Gasteiger charge is 2.28. The van der Waals surface area contributed by atoms with Crippen molar-refractivity contribution < 1.29 is 14.3 Å². The van der Waals surface area contributed by atoms with E-state index in [0.29, 0.717) is 0 Å². The van der Waals surface area contributed by atoms with Gasteiger partial charge in [-0.3, -0.25) is 0 Å². The van der Waals surface area contributed by atoms with E-state index in [1.165, 1.54) is 25.3 Å². The van der Waals surface area contributed by atoms with E-state index >= 15 is 0 Å². The maximum Gasteiger partial charge on any atom is 0.330 e. The molecule has 1 aliphatic heterocycles. The van der Waals surface area contributed by atoms with Gasteiger partial charge in [-0.1, -0.05) is 6.58 Å². The molecule has 0 radical (unpaired) electrons. The first-order valence-corrected chi connectivity index (χ1v) is 7.03. The number of rotatable bonds is 5. The topological polar surface area (TPSA) is 35.5 Å². The lowest BCUT2D eigenvalue weighted by Gasteiger charge is -2.34. The number of hydrogen-bond acceptors (Lipinski definition) is 3. The summed E-state index contributed by atoms with van der Waals surface area (Å²) in [5.74, 6) is -0.334. The van der Waals surface area contributed by atoms with Crippen LogP contribution in [0.25, 0.3) is 0 Å². The molecule has 3 nitrogen and oxygen atoms in total. The molecule has 92 valence electrons. The molecule has 1 aliphatic rings. The van der Waals surface area contributed by atoms with Crippen LogP contribution in [0.2, 0.25) is 0 Å². The average Bonchev–Trinajstić information content (AvgIpc) is 2.27. The van der Waals surface area contributed by atoms with Gasteiger partial charge < -0.3 is 9.47 Å². The summed E-state index contributed by atoms with van der Waals surface area (Å²) in [7, 11) is 1.05. The van der Waals surface area contributed by atoms with Crippen molar-refractivity contribution >= 4 is 16.2 Å². The lowest BCUT2D eigenvalue weighted by Crippen LogP contribution is -2.37. The molecule has 0 spiro atoms. The lowest BCUT2D eigenvalue weighted by atomic mass is 10.0. The highest BCUT2D eigenvalue weighted by Crippen LogP contribution is 2.27. The second-order valence-electron chi connectivity index (χ2n) is 4.75. The predicted molar refractivity (Wildman–Crippen MR) is 67.5 cm³/mol. The van der Waals surface area contributed by atoms with Gasteiger partial charge in [0.1, 0.15) is 0 Å². The smallest absolute Gasteiger partial charge is 0.330 e. The zero-order valence-electron chi connectivity index (χ0n) is 10.3. The number of carbonyl (C=O) groups is 1. The Hall–Kier alpha value is -0.613. The van der Waals surface area contributed by atoms with Crippen molar-refractivity contribution in [3.05, 3.63) is 12.7 Å². The molecule has 0 aromatic heterocycles. The third-order valence-electron chi connectivity index (χ3n) is 3.11. The number of carbonyl (C=O) groups excluding carboxylic acids is 1. The van der Waals surface area contributed by atoms with Gasteiger partial charge in [0.25, 0.3) is 0 Å². The molecule has 2 unspecified atom stereocenters. The molecule has 16 heavy (non-hydrogen) atoms. The fourth-order valence-electron chi connectivity index (χ4n) is 2.00. The first kappa shape index (κ1) is 13.5. The van der Waals surface area contributed by atoms with Gasteiger partial charge in [0, 0.05) is 28.1 Å². The minimum atomic E-state index is -0.334. The Morgan fingerprint density at radius 2 is 2.44 bits per heavy atom. The van der Waals surface area contributed by atoms with Crippen molar-refractivity contribution in [1.29, 1.82) is 0 Å². The number of hydrogen-bond donors (Lipinski definition) is 0. The fourth-order valence-corrected chi connectivity index (χ4v) is 2.85. The molecular weight excluding hydrogens is 220 g/mol. The van der Waals surface area contributed by atoms with Crippen molar-refractivity contribution in [2.45, 2.75) is 50.4 Å². The van der Waals surface area contributed by atoms with E-state index < -0.39 is 0 Å². The van der Waals surface area contributed by atoms with Crippen LogP contribution in [0.4, 0.5) is 0 Å². The summed E-state index contributed by atoms with van der Waals surface area (Å²) >= 11 is 0. The summed E-state index contributed by atoms with van der Waals surface area (Å²) in [6, 6.07) is 0. The highest BCUT2D eigenvalue weighted by atomic mass is 28.1. The predicted octanol–water partition coefficient (Wildman–Crippen LogP) is 1.15. The number of ether oxygens (including phenoxy) is 2. The zero-order valence-corrected chi connectivity index (χ0v) is 12.3. The van der Waals surface area contributed by atoms with Gasteiger partial charge in [0.15, 0.2) is 0 Å². The Bertz CT molecular complexity index is 247. The Labute approximate surface area is 101 Å². The maximum absolute atomic E-state index is 11.0. The minimum Gasteiger partial charge on any atom is -0.460 e. The van der Waals surface area contributed by atoms with Gasteiger partial charge in [-0.2, -0.15) is 0 Å². The van der Waals surface area contributed by atoms with E-state index in [1.54, 1.807) is 0 Å². The normalized spacial score (nSPS) is 27.3. The largest absolute Gasteiger partial charge is 0.460 e. The van der Waals surface area contributed by atoms with Crippen LogP contribution in [-0.2, 0) is 14.3 Å². The molecule has 0 bridgehead atoms. The van der Waals surface area contributed by atoms with Crippen LogP contribution >= 0.6 is 0 Å². The monoisotopic (exact) mass is 242 g/mol. The molecule has 0 amide bonds. The van der Waals surface area contributed by atoms with Crippen molar-refractivity contribution in [3.63, 3.8) is 0 Å². The van der Waals surface area contributed by atoms with E-state index in [0.717, 1.165) is 29.7 Å². The third kappa shape index (κ3) is 4.49. The maximum atomic E-state index is 11.0. The van der Waals surface area contributed by atoms with Crippen LogP contribution in [0.15, 0.2) is 12.7 Å². The summed E-state index contributed by atoms with van der Waals surface area (Å²) in [5, 5.41) is 0.118. The average molecular weight is 242 g/mol. The van der Waals surface area contributed by atoms with E-state index in [9.17, 15) is 4.79 Å². The Kier molecular flexibility index (Phi) is 5.22. The van der Waals surface area contributed by atoms with Crippen LogP contribution in [0.3, 0.4) is 0 Å². The van der Waals surface area contributed by atoms with Gasteiger partial charge in [-0.25, -0.2) is 4.79 Å². The summed E-state index contributed by atoms with van der Waals surface area (Å²) in [6.07, 6.45) is 6.68. The van der Waals surface area contributed by atoms with Gasteiger partial charge in [-0.15, -0.1) is 0 Å². The number of esters is 1. The molecule has 1 heterocycles. The van der Waals surface area contributed by atoms with Crippen LogP contribution in [-0.4, -0.2) is 34.1 Å². The Morgan fingerprint density at radius 1 is 1.69 bits per heavy atom. The van der Waals surface area contributed by atoms with Crippen molar-refractivity contribution in [2.75, 3.05) is 6.61 Å². The van der Waals surface area contributed by atoms with Crippen LogP contribution in [0, 0.1) is 0 Å². The van der Waals surface area contributed by atoms with Crippen LogP contribution < -0.4 is 0 Å². The van der Waals surface area contributed by atoms with Crippen molar-refractivity contribution in [3.8, 4) is 0 Å². The second kappa shape index (κ2) is 6.20. The summed E-state index contributed by atoms with van der Waals surface area (Å²) in [5.41, 5.74) is 0. The van der Waals surface area contributed by atoms with E-state index in [2.05, 4.69) is 6.58 Å². The molecule has 1 saturated heterocycles.